The molecular weight excluding hydrogens is 348 g/mol. The van der Waals surface area contributed by atoms with E-state index >= 15 is 0 Å². The van der Waals surface area contributed by atoms with Crippen molar-refractivity contribution in [2.45, 2.75) is 23.0 Å². The normalized spacial score (nSPS) is 16.2. The highest BCUT2D eigenvalue weighted by Gasteiger charge is 2.28. The van der Waals surface area contributed by atoms with E-state index in [4.69, 9.17) is 0 Å². The van der Waals surface area contributed by atoms with E-state index in [1.807, 2.05) is 59.3 Å². The summed E-state index contributed by atoms with van der Waals surface area (Å²) in [6, 6.07) is 13.5. The highest BCUT2D eigenvalue weighted by atomic mass is 32.2. The predicted octanol–water partition coefficient (Wildman–Crippen LogP) is 2.50. The standard InChI is InChI=1S/C19H18N4O2S/c24-18(11-16-19(25)22-14-5-1-2-6-15(14)26-16)20-9-8-13-12-23-10-4-3-7-17(23)21-13/h1-7,10,12,16H,8-9,11H2,(H,20,24)(H,22,25)/t16-/m1/s1. The number of carbonyl (C=O) groups is 2. The molecule has 0 spiro atoms. The summed E-state index contributed by atoms with van der Waals surface area (Å²) in [6.45, 7) is 0.498. The fourth-order valence-corrected chi connectivity index (χ4v) is 4.02. The van der Waals surface area contributed by atoms with Gasteiger partial charge in [-0.3, -0.25) is 9.59 Å². The molecule has 0 radical (unpaired) electrons. The van der Waals surface area contributed by atoms with Gasteiger partial charge in [-0.15, -0.1) is 11.8 Å². The van der Waals surface area contributed by atoms with Gasteiger partial charge in [0.05, 0.1) is 16.6 Å². The van der Waals surface area contributed by atoms with Crippen molar-refractivity contribution in [2.24, 2.45) is 0 Å². The Kier molecular flexibility index (Phi) is 4.62. The second-order valence-electron chi connectivity index (χ2n) is 6.09. The summed E-state index contributed by atoms with van der Waals surface area (Å²) >= 11 is 1.44. The van der Waals surface area contributed by atoms with Crippen molar-refractivity contribution < 1.29 is 9.59 Å². The zero-order valence-corrected chi connectivity index (χ0v) is 14.8. The van der Waals surface area contributed by atoms with E-state index < -0.39 is 5.25 Å². The highest BCUT2D eigenvalue weighted by molar-refractivity contribution is 8.01. The minimum atomic E-state index is -0.403. The first-order valence-corrected chi connectivity index (χ1v) is 9.33. The molecule has 132 valence electrons. The number of rotatable bonds is 5. The molecule has 0 aliphatic carbocycles. The number of aromatic nitrogens is 2. The number of nitrogens with zero attached hydrogens (tertiary/aromatic N) is 2. The molecule has 0 saturated heterocycles. The lowest BCUT2D eigenvalue weighted by molar-refractivity contribution is -0.124. The number of thioether (sulfide) groups is 1. The number of carbonyl (C=O) groups excluding carboxylic acids is 2. The molecule has 0 unspecified atom stereocenters. The number of para-hydroxylation sites is 1. The Morgan fingerprint density at radius 2 is 2.08 bits per heavy atom. The Hall–Kier alpha value is -2.80. The zero-order valence-electron chi connectivity index (χ0n) is 14.0. The van der Waals surface area contributed by atoms with Crippen LogP contribution in [0.5, 0.6) is 0 Å². The molecule has 2 aromatic heterocycles. The molecule has 1 aliphatic rings. The van der Waals surface area contributed by atoms with Crippen molar-refractivity contribution >= 4 is 34.9 Å². The molecule has 6 nitrogen and oxygen atoms in total. The molecule has 0 bridgehead atoms. The summed E-state index contributed by atoms with van der Waals surface area (Å²) < 4.78 is 1.96. The number of imidazole rings is 1. The fourth-order valence-electron chi connectivity index (χ4n) is 2.91. The lowest BCUT2D eigenvalue weighted by atomic mass is 10.2. The molecule has 2 amide bonds. The first-order chi connectivity index (χ1) is 12.7. The summed E-state index contributed by atoms with van der Waals surface area (Å²) in [6.07, 6.45) is 4.72. The Morgan fingerprint density at radius 3 is 2.96 bits per heavy atom. The first kappa shape index (κ1) is 16.7. The Morgan fingerprint density at radius 1 is 1.23 bits per heavy atom. The van der Waals surface area contributed by atoms with Gasteiger partial charge in [-0.1, -0.05) is 18.2 Å². The molecule has 1 aliphatic heterocycles. The fraction of sp³-hybridized carbons (Fsp3) is 0.211. The zero-order chi connectivity index (χ0) is 17.9. The average Bonchev–Trinajstić information content (AvgIpc) is 3.05. The number of amides is 2. The second kappa shape index (κ2) is 7.21. The monoisotopic (exact) mass is 366 g/mol. The second-order valence-corrected chi connectivity index (χ2v) is 7.34. The number of hydrogen-bond donors (Lipinski definition) is 2. The van der Waals surface area contributed by atoms with Gasteiger partial charge < -0.3 is 15.0 Å². The number of hydrogen-bond acceptors (Lipinski definition) is 4. The van der Waals surface area contributed by atoms with E-state index in [0.29, 0.717) is 13.0 Å². The van der Waals surface area contributed by atoms with Crippen LogP contribution >= 0.6 is 11.8 Å². The van der Waals surface area contributed by atoms with Crippen molar-refractivity contribution in [3.63, 3.8) is 0 Å². The van der Waals surface area contributed by atoms with E-state index in [-0.39, 0.29) is 18.2 Å². The maximum absolute atomic E-state index is 12.2. The third kappa shape index (κ3) is 3.57. The van der Waals surface area contributed by atoms with Gasteiger partial charge in [-0.05, 0) is 24.3 Å². The molecule has 0 saturated carbocycles. The number of nitrogens with one attached hydrogen (secondary N) is 2. The molecule has 4 rings (SSSR count). The van der Waals surface area contributed by atoms with E-state index in [1.54, 1.807) is 0 Å². The molecule has 1 aromatic carbocycles. The van der Waals surface area contributed by atoms with E-state index in [1.165, 1.54) is 11.8 Å². The minimum Gasteiger partial charge on any atom is -0.356 e. The van der Waals surface area contributed by atoms with Crippen molar-refractivity contribution in [1.29, 1.82) is 0 Å². The maximum atomic E-state index is 12.2. The van der Waals surface area contributed by atoms with Crippen LogP contribution in [0.3, 0.4) is 0 Å². The summed E-state index contributed by atoms with van der Waals surface area (Å²) in [5.74, 6) is -0.245. The van der Waals surface area contributed by atoms with Gasteiger partial charge in [-0.2, -0.15) is 0 Å². The lowest BCUT2D eigenvalue weighted by Gasteiger charge is -2.23. The third-order valence-electron chi connectivity index (χ3n) is 4.19. The van der Waals surface area contributed by atoms with Crippen molar-refractivity contribution in [2.75, 3.05) is 11.9 Å². The topological polar surface area (TPSA) is 75.5 Å². The van der Waals surface area contributed by atoms with Gasteiger partial charge in [0.1, 0.15) is 5.65 Å². The van der Waals surface area contributed by atoms with Crippen LogP contribution in [0.4, 0.5) is 5.69 Å². The van der Waals surface area contributed by atoms with Crippen LogP contribution in [0, 0.1) is 0 Å². The SMILES string of the molecule is O=C(C[C@H]1Sc2ccccc2NC1=O)NCCc1cn2ccccc2n1. The summed E-state index contributed by atoms with van der Waals surface area (Å²) in [5.41, 5.74) is 2.63. The van der Waals surface area contributed by atoms with Crippen LogP contribution in [0.15, 0.2) is 59.8 Å². The van der Waals surface area contributed by atoms with Gasteiger partial charge in [0.25, 0.3) is 0 Å². The van der Waals surface area contributed by atoms with Crippen LogP contribution in [0.1, 0.15) is 12.1 Å². The molecular formula is C19H18N4O2S. The summed E-state index contributed by atoms with van der Waals surface area (Å²) in [5, 5.41) is 5.34. The van der Waals surface area contributed by atoms with E-state index in [2.05, 4.69) is 15.6 Å². The van der Waals surface area contributed by atoms with E-state index in [0.717, 1.165) is 21.9 Å². The van der Waals surface area contributed by atoms with Crippen LogP contribution in [0.25, 0.3) is 5.65 Å². The summed E-state index contributed by atoms with van der Waals surface area (Å²) in [7, 11) is 0. The number of anilines is 1. The molecule has 7 heteroatoms. The molecule has 0 fully saturated rings. The lowest BCUT2D eigenvalue weighted by Crippen LogP contribution is -2.35. The van der Waals surface area contributed by atoms with Gasteiger partial charge in [0.2, 0.25) is 11.8 Å². The molecule has 26 heavy (non-hydrogen) atoms. The first-order valence-electron chi connectivity index (χ1n) is 8.45. The van der Waals surface area contributed by atoms with Crippen LogP contribution in [0.2, 0.25) is 0 Å². The predicted molar refractivity (Wildman–Crippen MR) is 101 cm³/mol. The van der Waals surface area contributed by atoms with Gasteiger partial charge >= 0.3 is 0 Å². The minimum absolute atomic E-state index is 0.121. The van der Waals surface area contributed by atoms with Gasteiger partial charge in [0.15, 0.2) is 0 Å². The maximum Gasteiger partial charge on any atom is 0.238 e. The smallest absolute Gasteiger partial charge is 0.238 e. The highest BCUT2D eigenvalue weighted by Crippen LogP contribution is 2.36. The van der Waals surface area contributed by atoms with Crippen LogP contribution in [-0.4, -0.2) is 33.0 Å². The molecule has 3 heterocycles. The number of fused-ring (bicyclic) bond motifs is 2. The van der Waals surface area contributed by atoms with Crippen molar-refractivity contribution in [3.05, 3.63) is 60.6 Å². The quantitative estimate of drug-likeness (QED) is 0.727. The van der Waals surface area contributed by atoms with Crippen molar-refractivity contribution in [3.8, 4) is 0 Å². The molecule has 1 atom stereocenters. The Bertz CT molecular complexity index is 936. The van der Waals surface area contributed by atoms with Gasteiger partial charge in [0, 0.05) is 36.7 Å². The van der Waals surface area contributed by atoms with Gasteiger partial charge in [-0.25, -0.2) is 4.98 Å². The Balaban J connectivity index is 1.29. The third-order valence-corrected chi connectivity index (χ3v) is 5.47. The van der Waals surface area contributed by atoms with Crippen molar-refractivity contribution in [1.82, 2.24) is 14.7 Å². The average molecular weight is 366 g/mol. The summed E-state index contributed by atoms with van der Waals surface area (Å²) in [4.78, 5) is 29.9. The van der Waals surface area contributed by atoms with Crippen LogP contribution < -0.4 is 10.6 Å². The van der Waals surface area contributed by atoms with Crippen LogP contribution in [-0.2, 0) is 16.0 Å². The number of benzene rings is 1. The number of pyridine rings is 1. The molecule has 2 N–H and O–H groups in total. The largest absolute Gasteiger partial charge is 0.356 e. The van der Waals surface area contributed by atoms with E-state index in [9.17, 15) is 9.59 Å². The molecule has 3 aromatic rings. The Labute approximate surface area is 155 Å².